The maximum Gasteiger partial charge on any atom is 0.328 e. The van der Waals surface area contributed by atoms with Gasteiger partial charge >= 0.3 is 5.97 Å². The van der Waals surface area contributed by atoms with Crippen LogP contribution in [0.5, 0.6) is 5.75 Å². The molecule has 6 heteroatoms. The fourth-order valence-electron chi connectivity index (χ4n) is 4.29. The van der Waals surface area contributed by atoms with Crippen LogP contribution in [0, 0.1) is 0 Å². The van der Waals surface area contributed by atoms with Crippen LogP contribution in [0.4, 0.5) is 0 Å². The molecule has 5 nitrogen and oxygen atoms in total. The first kappa shape index (κ1) is 27.9. The number of hydrogen-bond donors (Lipinski definition) is 1. The molecule has 0 radical (unpaired) electrons. The first-order chi connectivity index (χ1) is 16.0. The van der Waals surface area contributed by atoms with Crippen molar-refractivity contribution in [1.29, 1.82) is 0 Å². The Morgan fingerprint density at radius 1 is 1.15 bits per heavy atom. The lowest BCUT2D eigenvalue weighted by atomic mass is 9.79. The smallest absolute Gasteiger partial charge is 0.328 e. The fourth-order valence-corrected chi connectivity index (χ4v) is 5.99. The number of unbranched alkanes of at least 4 members (excludes halogenated alkanes) is 4. The number of sulfone groups is 1. The number of aliphatic carboxylic acids is 1. The van der Waals surface area contributed by atoms with Crippen LogP contribution in [0.2, 0.25) is 0 Å². The molecule has 1 heterocycles. The van der Waals surface area contributed by atoms with E-state index in [9.17, 15) is 13.2 Å². The topological polar surface area (TPSA) is 80.7 Å². The maximum atomic E-state index is 13.1. The molecule has 0 unspecified atom stereocenters. The highest BCUT2D eigenvalue weighted by molar-refractivity contribution is 7.91. The number of fused-ring (bicyclic) bond motifs is 1. The first-order valence-corrected chi connectivity index (χ1v) is 13.9. The average molecular weight is 489 g/mol. The summed E-state index contributed by atoms with van der Waals surface area (Å²) in [6.45, 7) is 10.6. The Morgan fingerprint density at radius 3 is 2.53 bits per heavy atom. The van der Waals surface area contributed by atoms with Crippen molar-refractivity contribution in [2.45, 2.75) is 89.9 Å². The van der Waals surface area contributed by atoms with Gasteiger partial charge in [-0.25, -0.2) is 13.2 Å². The molecule has 0 fully saturated rings. The van der Waals surface area contributed by atoms with E-state index in [4.69, 9.17) is 9.84 Å². The van der Waals surface area contributed by atoms with Crippen molar-refractivity contribution in [3.63, 3.8) is 0 Å². The molecule has 0 aromatic heterocycles. The zero-order chi connectivity index (χ0) is 25.4. The molecule has 1 aliphatic heterocycles. The number of allylic oxidation sites excluding steroid dienone is 5. The van der Waals surface area contributed by atoms with Gasteiger partial charge in [0.2, 0.25) is 0 Å². The van der Waals surface area contributed by atoms with E-state index in [1.165, 1.54) is 19.3 Å². The summed E-state index contributed by atoms with van der Waals surface area (Å²) < 4.78 is 32.3. The summed E-state index contributed by atoms with van der Waals surface area (Å²) in [4.78, 5) is 11.2. The summed E-state index contributed by atoms with van der Waals surface area (Å²) in [5.41, 5.74) is 3.02. The molecule has 188 valence electrons. The number of ether oxygens (including phenoxy) is 1. The minimum Gasteiger partial charge on any atom is -0.493 e. The third kappa shape index (κ3) is 7.86. The second-order valence-corrected chi connectivity index (χ2v) is 11.9. The minimum atomic E-state index is -3.37. The highest BCUT2D eigenvalue weighted by Crippen LogP contribution is 2.42. The molecular formula is C28H40O5S. The SMILES string of the molecule is CCCCCCCOc1cc2c(cc1/C(C)=C/C=C/C(C)=C/C(=O)O)C(C)(C)CCCS2(=O)=O. The van der Waals surface area contributed by atoms with Gasteiger partial charge in [0.15, 0.2) is 9.84 Å². The Kier molecular flexibility index (Phi) is 10.2. The predicted molar refractivity (Wildman–Crippen MR) is 139 cm³/mol. The summed E-state index contributed by atoms with van der Waals surface area (Å²) in [5.74, 6) is -0.228. The van der Waals surface area contributed by atoms with Crippen molar-refractivity contribution in [3.8, 4) is 5.75 Å². The van der Waals surface area contributed by atoms with E-state index in [-0.39, 0.29) is 11.2 Å². The molecule has 2 rings (SSSR count). The van der Waals surface area contributed by atoms with Crippen molar-refractivity contribution >= 4 is 21.4 Å². The van der Waals surface area contributed by atoms with Crippen molar-refractivity contribution in [2.75, 3.05) is 12.4 Å². The van der Waals surface area contributed by atoms with Crippen LogP contribution >= 0.6 is 0 Å². The number of carboxylic acid groups (broad SMARTS) is 1. The average Bonchev–Trinajstić information content (AvgIpc) is 2.82. The van der Waals surface area contributed by atoms with E-state index in [1.807, 2.05) is 25.1 Å². The minimum absolute atomic E-state index is 0.159. The van der Waals surface area contributed by atoms with Crippen LogP contribution in [0.1, 0.15) is 90.7 Å². The third-order valence-corrected chi connectivity index (χ3v) is 8.18. The van der Waals surface area contributed by atoms with Crippen LogP contribution in [0.25, 0.3) is 5.57 Å². The zero-order valence-corrected chi connectivity index (χ0v) is 22.1. The van der Waals surface area contributed by atoms with Gasteiger partial charge in [0.1, 0.15) is 5.75 Å². The summed E-state index contributed by atoms with van der Waals surface area (Å²) in [7, 11) is -3.37. The van der Waals surface area contributed by atoms with Gasteiger partial charge in [0.05, 0.1) is 17.3 Å². The van der Waals surface area contributed by atoms with Crippen LogP contribution < -0.4 is 4.74 Å². The molecule has 0 saturated carbocycles. The van der Waals surface area contributed by atoms with Gasteiger partial charge in [-0.3, -0.25) is 0 Å². The van der Waals surface area contributed by atoms with Crippen molar-refractivity contribution < 1.29 is 23.1 Å². The molecule has 34 heavy (non-hydrogen) atoms. The number of carboxylic acids is 1. The zero-order valence-electron chi connectivity index (χ0n) is 21.3. The third-order valence-electron chi connectivity index (χ3n) is 6.35. The lowest BCUT2D eigenvalue weighted by molar-refractivity contribution is -0.131. The van der Waals surface area contributed by atoms with E-state index in [1.54, 1.807) is 19.1 Å². The second kappa shape index (κ2) is 12.4. The predicted octanol–water partition coefficient (Wildman–Crippen LogP) is 6.87. The van der Waals surface area contributed by atoms with Gasteiger partial charge in [-0.2, -0.15) is 0 Å². The summed E-state index contributed by atoms with van der Waals surface area (Å²) in [5, 5.41) is 8.89. The van der Waals surface area contributed by atoms with Crippen molar-refractivity contribution in [1.82, 2.24) is 0 Å². The highest BCUT2D eigenvalue weighted by Gasteiger charge is 2.34. The molecule has 1 aromatic rings. The van der Waals surface area contributed by atoms with Gasteiger partial charge in [-0.05, 0) is 67.4 Å². The first-order valence-electron chi connectivity index (χ1n) is 12.3. The maximum absolute atomic E-state index is 13.1. The molecular weight excluding hydrogens is 448 g/mol. The van der Waals surface area contributed by atoms with Gasteiger partial charge in [0.25, 0.3) is 0 Å². The van der Waals surface area contributed by atoms with Crippen molar-refractivity contribution in [2.24, 2.45) is 0 Å². The van der Waals surface area contributed by atoms with Crippen molar-refractivity contribution in [3.05, 3.63) is 53.1 Å². The molecule has 0 aliphatic carbocycles. The number of carbonyl (C=O) groups is 1. The number of hydrogen-bond acceptors (Lipinski definition) is 4. The Bertz CT molecular complexity index is 1060. The molecule has 0 bridgehead atoms. The second-order valence-electron chi connectivity index (χ2n) is 9.85. The summed E-state index contributed by atoms with van der Waals surface area (Å²) in [6, 6.07) is 3.72. The molecule has 1 aliphatic rings. The molecule has 0 saturated heterocycles. The monoisotopic (exact) mass is 488 g/mol. The van der Waals surface area contributed by atoms with E-state index >= 15 is 0 Å². The fraction of sp³-hybridized carbons (Fsp3) is 0.536. The van der Waals surface area contributed by atoms with E-state index < -0.39 is 15.8 Å². The molecule has 0 spiro atoms. The van der Waals surface area contributed by atoms with Crippen LogP contribution in [-0.2, 0) is 20.0 Å². The van der Waals surface area contributed by atoms with Crippen LogP contribution in [0.15, 0.2) is 46.9 Å². The Hall–Kier alpha value is -2.34. The Morgan fingerprint density at radius 2 is 1.85 bits per heavy atom. The van der Waals surface area contributed by atoms with E-state index in [0.29, 0.717) is 29.2 Å². The lowest BCUT2D eigenvalue weighted by Gasteiger charge is -2.26. The van der Waals surface area contributed by atoms with Gasteiger partial charge in [-0.1, -0.05) is 64.7 Å². The molecule has 1 N–H and O–H groups in total. The number of rotatable bonds is 11. The lowest BCUT2D eigenvalue weighted by Crippen LogP contribution is -2.18. The Balaban J connectivity index is 2.47. The molecule has 0 amide bonds. The standard InChI is InChI=1S/C28H40O5S/c1-6-7-8-9-10-16-33-25-20-26-24(28(4,5)15-12-17-34(26,31)32)19-23(25)22(3)14-11-13-21(2)18-27(29)30/h11,13-14,18-20H,6-10,12,15-17H2,1-5H3,(H,29,30)/b13-11+,21-18+,22-14+. The molecule has 0 atom stereocenters. The number of benzene rings is 1. The van der Waals surface area contributed by atoms with Crippen LogP contribution in [-0.4, -0.2) is 31.9 Å². The summed E-state index contributed by atoms with van der Waals surface area (Å²) >= 11 is 0. The van der Waals surface area contributed by atoms with Gasteiger partial charge in [0, 0.05) is 11.6 Å². The van der Waals surface area contributed by atoms with Crippen LogP contribution in [0.3, 0.4) is 0 Å². The Labute approximate surface area is 205 Å². The van der Waals surface area contributed by atoms with Gasteiger partial charge < -0.3 is 9.84 Å². The van der Waals surface area contributed by atoms with E-state index in [2.05, 4.69) is 20.8 Å². The van der Waals surface area contributed by atoms with Gasteiger partial charge in [-0.15, -0.1) is 0 Å². The normalized spacial score (nSPS) is 17.9. The quantitative estimate of drug-likeness (QED) is 0.209. The largest absolute Gasteiger partial charge is 0.493 e. The van der Waals surface area contributed by atoms with E-state index in [0.717, 1.165) is 42.0 Å². The summed E-state index contributed by atoms with van der Waals surface area (Å²) in [6.07, 6.45) is 13.6. The molecule has 1 aromatic carbocycles. The highest BCUT2D eigenvalue weighted by atomic mass is 32.2.